The molecule has 1 amide bonds. The summed E-state index contributed by atoms with van der Waals surface area (Å²) < 4.78 is 2.00. The highest BCUT2D eigenvalue weighted by Gasteiger charge is 2.27. The van der Waals surface area contributed by atoms with Crippen molar-refractivity contribution in [2.24, 2.45) is 0 Å². The second-order valence-electron chi connectivity index (χ2n) is 6.46. The molecule has 124 valence electrons. The van der Waals surface area contributed by atoms with Crippen molar-refractivity contribution in [2.45, 2.75) is 39.4 Å². The third-order valence-corrected chi connectivity index (χ3v) is 4.40. The summed E-state index contributed by atoms with van der Waals surface area (Å²) in [5, 5.41) is 8.10. The minimum absolute atomic E-state index is 0.0888. The van der Waals surface area contributed by atoms with Gasteiger partial charge in [0.25, 0.3) is 0 Å². The first-order valence-corrected chi connectivity index (χ1v) is 7.96. The molecule has 1 atom stereocenters. The Hall–Kier alpha value is -1.47. The van der Waals surface area contributed by atoms with E-state index in [0.29, 0.717) is 12.6 Å². The number of carbonyl (C=O) groups excluding carboxylic acids is 1. The summed E-state index contributed by atoms with van der Waals surface area (Å²) >= 11 is 0. The van der Waals surface area contributed by atoms with Gasteiger partial charge in [0.15, 0.2) is 5.82 Å². The third-order valence-electron chi connectivity index (χ3n) is 4.40. The topological polar surface area (TPSA) is 57.5 Å². The van der Waals surface area contributed by atoms with Crippen LogP contribution < -0.4 is 0 Å². The molecule has 7 nitrogen and oxygen atoms in total. The average Bonchev–Trinajstić information content (AvgIpc) is 2.94. The Balaban J connectivity index is 1.95. The zero-order valence-corrected chi connectivity index (χ0v) is 14.4. The Kier molecular flexibility index (Phi) is 5.52. The second-order valence-corrected chi connectivity index (χ2v) is 6.46. The number of nitrogens with zero attached hydrogens (tertiary/aromatic N) is 6. The van der Waals surface area contributed by atoms with Crippen molar-refractivity contribution in [2.75, 3.05) is 40.3 Å². The Morgan fingerprint density at radius 1 is 1.27 bits per heavy atom. The lowest BCUT2D eigenvalue weighted by atomic mass is 10.2. The number of hydrogen-bond acceptors (Lipinski definition) is 5. The predicted octanol–water partition coefficient (Wildman–Crippen LogP) is 0.453. The Morgan fingerprint density at radius 2 is 1.91 bits per heavy atom. The lowest BCUT2D eigenvalue weighted by Gasteiger charge is -2.37. The maximum absolute atomic E-state index is 12.6. The van der Waals surface area contributed by atoms with Crippen LogP contribution in [0, 0.1) is 0 Å². The standard InChI is InChI=1S/C15H28N6O/c1-12(2)21-11-16-17-14(21)10-19(5)15(22)13(3)20-8-6-18(4)7-9-20/h11-13H,6-10H2,1-5H3/t13-/m1/s1. The lowest BCUT2D eigenvalue weighted by Crippen LogP contribution is -2.53. The molecule has 1 aromatic rings. The molecule has 0 bridgehead atoms. The molecule has 0 N–H and O–H groups in total. The van der Waals surface area contributed by atoms with Gasteiger partial charge in [0.2, 0.25) is 5.91 Å². The average molecular weight is 308 g/mol. The first-order chi connectivity index (χ1) is 10.4. The maximum Gasteiger partial charge on any atom is 0.239 e. The summed E-state index contributed by atoms with van der Waals surface area (Å²) in [7, 11) is 3.96. The molecule has 1 aromatic heterocycles. The molecule has 0 unspecified atom stereocenters. The minimum Gasteiger partial charge on any atom is -0.337 e. The van der Waals surface area contributed by atoms with Crippen molar-refractivity contribution in [3.8, 4) is 0 Å². The van der Waals surface area contributed by atoms with Gasteiger partial charge in [-0.1, -0.05) is 0 Å². The van der Waals surface area contributed by atoms with Gasteiger partial charge in [0.1, 0.15) is 6.33 Å². The van der Waals surface area contributed by atoms with Gasteiger partial charge < -0.3 is 14.4 Å². The first-order valence-electron chi connectivity index (χ1n) is 7.96. The van der Waals surface area contributed by atoms with Gasteiger partial charge in [-0.25, -0.2) is 0 Å². The molecule has 1 aliphatic rings. The Morgan fingerprint density at radius 3 is 2.50 bits per heavy atom. The van der Waals surface area contributed by atoms with Crippen LogP contribution in [0.15, 0.2) is 6.33 Å². The van der Waals surface area contributed by atoms with Crippen LogP contribution in [0.3, 0.4) is 0 Å². The van der Waals surface area contributed by atoms with E-state index in [1.54, 1.807) is 11.2 Å². The van der Waals surface area contributed by atoms with Crippen molar-refractivity contribution in [1.82, 2.24) is 29.5 Å². The summed E-state index contributed by atoms with van der Waals surface area (Å²) in [6, 6.07) is 0.206. The fraction of sp³-hybridized carbons (Fsp3) is 0.800. The van der Waals surface area contributed by atoms with Crippen LogP contribution in [0.1, 0.15) is 32.6 Å². The Labute approximate surface area is 132 Å². The molecule has 0 spiro atoms. The number of rotatable bonds is 5. The molecule has 0 aliphatic carbocycles. The van der Waals surface area contributed by atoms with Crippen molar-refractivity contribution >= 4 is 5.91 Å². The number of amides is 1. The molecule has 2 rings (SSSR count). The van der Waals surface area contributed by atoms with Gasteiger partial charge in [-0.3, -0.25) is 9.69 Å². The van der Waals surface area contributed by atoms with Crippen LogP contribution in [0.2, 0.25) is 0 Å². The van der Waals surface area contributed by atoms with E-state index in [4.69, 9.17) is 0 Å². The van der Waals surface area contributed by atoms with Crippen molar-refractivity contribution in [3.63, 3.8) is 0 Å². The Bertz CT molecular complexity index is 492. The van der Waals surface area contributed by atoms with E-state index in [2.05, 4.69) is 40.9 Å². The lowest BCUT2D eigenvalue weighted by molar-refractivity contribution is -0.136. The minimum atomic E-state index is -0.0888. The molecule has 0 radical (unpaired) electrons. The maximum atomic E-state index is 12.6. The van der Waals surface area contributed by atoms with E-state index in [1.165, 1.54) is 0 Å². The van der Waals surface area contributed by atoms with Crippen LogP contribution in [-0.4, -0.2) is 81.7 Å². The number of hydrogen-bond donors (Lipinski definition) is 0. The highest BCUT2D eigenvalue weighted by Crippen LogP contribution is 2.11. The van der Waals surface area contributed by atoms with Gasteiger partial charge in [-0.05, 0) is 27.8 Å². The van der Waals surface area contributed by atoms with Gasteiger partial charge in [0, 0.05) is 39.3 Å². The van der Waals surface area contributed by atoms with Gasteiger partial charge in [-0.15, -0.1) is 10.2 Å². The highest BCUT2D eigenvalue weighted by molar-refractivity contribution is 5.81. The van der Waals surface area contributed by atoms with E-state index in [0.717, 1.165) is 32.0 Å². The van der Waals surface area contributed by atoms with Crippen LogP contribution in [0.25, 0.3) is 0 Å². The number of likely N-dealkylation sites (N-methyl/N-ethyl adjacent to an activating group) is 2. The molecule has 1 aliphatic heterocycles. The largest absolute Gasteiger partial charge is 0.337 e. The van der Waals surface area contributed by atoms with Crippen molar-refractivity contribution in [1.29, 1.82) is 0 Å². The summed E-state index contributed by atoms with van der Waals surface area (Å²) in [5.41, 5.74) is 0. The predicted molar refractivity (Wildman–Crippen MR) is 85.4 cm³/mol. The quantitative estimate of drug-likeness (QED) is 0.791. The van der Waals surface area contributed by atoms with E-state index in [1.807, 2.05) is 18.5 Å². The molecule has 7 heteroatoms. The van der Waals surface area contributed by atoms with Crippen LogP contribution in [0.4, 0.5) is 0 Å². The highest BCUT2D eigenvalue weighted by atomic mass is 16.2. The van der Waals surface area contributed by atoms with Crippen LogP contribution in [-0.2, 0) is 11.3 Å². The van der Waals surface area contributed by atoms with Crippen molar-refractivity contribution < 1.29 is 4.79 Å². The number of carbonyl (C=O) groups is 1. The monoisotopic (exact) mass is 308 g/mol. The first kappa shape index (κ1) is 16.9. The smallest absolute Gasteiger partial charge is 0.239 e. The van der Waals surface area contributed by atoms with Crippen LogP contribution >= 0.6 is 0 Å². The molecular weight excluding hydrogens is 280 g/mol. The molecule has 22 heavy (non-hydrogen) atoms. The van der Waals surface area contributed by atoms with Gasteiger partial charge in [0.05, 0.1) is 12.6 Å². The van der Waals surface area contributed by atoms with Crippen molar-refractivity contribution in [3.05, 3.63) is 12.2 Å². The SMILES string of the molecule is CC(C)n1cnnc1CN(C)C(=O)[C@@H](C)N1CCN(C)CC1. The van der Waals surface area contributed by atoms with E-state index in [9.17, 15) is 4.79 Å². The van der Waals surface area contributed by atoms with Gasteiger partial charge in [-0.2, -0.15) is 0 Å². The normalized spacial score (nSPS) is 18.6. The van der Waals surface area contributed by atoms with E-state index >= 15 is 0 Å². The fourth-order valence-corrected chi connectivity index (χ4v) is 2.79. The summed E-state index contributed by atoms with van der Waals surface area (Å²) in [6.45, 7) is 10.6. The molecule has 1 saturated heterocycles. The molecule has 2 heterocycles. The number of piperazine rings is 1. The summed E-state index contributed by atoms with van der Waals surface area (Å²) in [6.07, 6.45) is 1.72. The van der Waals surface area contributed by atoms with E-state index in [-0.39, 0.29) is 11.9 Å². The molecule has 1 fully saturated rings. The third kappa shape index (κ3) is 3.84. The van der Waals surface area contributed by atoms with Crippen LogP contribution in [0.5, 0.6) is 0 Å². The van der Waals surface area contributed by atoms with E-state index < -0.39 is 0 Å². The summed E-state index contributed by atoms with van der Waals surface area (Å²) in [5.74, 6) is 0.972. The fourth-order valence-electron chi connectivity index (χ4n) is 2.79. The zero-order valence-electron chi connectivity index (χ0n) is 14.4. The number of aromatic nitrogens is 3. The molecule has 0 aromatic carbocycles. The van der Waals surface area contributed by atoms with Gasteiger partial charge >= 0.3 is 0 Å². The summed E-state index contributed by atoms with van der Waals surface area (Å²) in [4.78, 5) is 19.0. The second kappa shape index (κ2) is 7.19. The molecule has 0 saturated carbocycles. The molecular formula is C15H28N6O. The zero-order chi connectivity index (χ0) is 16.3.